The molecule has 4 heteroatoms. The van der Waals surface area contributed by atoms with Crippen molar-refractivity contribution in [2.45, 2.75) is 90.3 Å². The van der Waals surface area contributed by atoms with Crippen LogP contribution in [0.3, 0.4) is 0 Å². The molecule has 0 aliphatic heterocycles. The van der Waals surface area contributed by atoms with Gasteiger partial charge in [0, 0.05) is 5.56 Å². The Labute approximate surface area is 185 Å². The van der Waals surface area contributed by atoms with Gasteiger partial charge >= 0.3 is 6.11 Å². The minimum atomic E-state index is -3.34. The van der Waals surface area contributed by atoms with E-state index in [1.54, 1.807) is 18.2 Å². The average Bonchev–Trinajstić information content (AvgIpc) is 2.75. The van der Waals surface area contributed by atoms with Crippen LogP contribution in [0.1, 0.15) is 87.0 Å². The van der Waals surface area contributed by atoms with Crippen LogP contribution in [0.2, 0.25) is 0 Å². The van der Waals surface area contributed by atoms with Gasteiger partial charge in [0.15, 0.2) is 0 Å². The van der Waals surface area contributed by atoms with Crippen molar-refractivity contribution in [3.63, 3.8) is 0 Å². The van der Waals surface area contributed by atoms with Crippen molar-refractivity contribution in [1.82, 2.24) is 0 Å². The van der Waals surface area contributed by atoms with Crippen LogP contribution in [0, 0.1) is 11.7 Å². The monoisotopic (exact) mass is 432 g/mol. The lowest BCUT2D eigenvalue weighted by molar-refractivity contribution is -0.244. The highest BCUT2D eigenvalue weighted by Gasteiger charge is 2.31. The number of ether oxygens (including phenoxy) is 1. The van der Waals surface area contributed by atoms with E-state index >= 15 is 0 Å². The maximum absolute atomic E-state index is 14.6. The molecule has 0 atom stereocenters. The lowest BCUT2D eigenvalue weighted by atomic mass is 9.77. The molecule has 0 amide bonds. The number of halogens is 3. The molecular weight excluding hydrogens is 397 g/mol. The summed E-state index contributed by atoms with van der Waals surface area (Å²) in [5.41, 5.74) is 2.81. The first kappa shape index (κ1) is 23.8. The maximum Gasteiger partial charge on any atom is 0.360 e. The molecule has 170 valence electrons. The van der Waals surface area contributed by atoms with Crippen molar-refractivity contribution in [3.05, 3.63) is 70.5 Å². The molecule has 0 aromatic heterocycles. The van der Waals surface area contributed by atoms with Gasteiger partial charge in [-0.3, -0.25) is 0 Å². The molecule has 31 heavy (non-hydrogen) atoms. The minimum absolute atomic E-state index is 0.182. The Morgan fingerprint density at radius 2 is 1.58 bits per heavy atom. The second-order valence-electron chi connectivity index (χ2n) is 9.03. The summed E-state index contributed by atoms with van der Waals surface area (Å²) in [6, 6.07) is 12.2. The third kappa shape index (κ3) is 7.10. The molecule has 1 aliphatic carbocycles. The summed E-state index contributed by atoms with van der Waals surface area (Å²) < 4.78 is 48.0. The van der Waals surface area contributed by atoms with Gasteiger partial charge in [0.1, 0.15) is 5.82 Å². The molecule has 0 bridgehead atoms. The number of aryl methyl sites for hydroxylation is 1. The van der Waals surface area contributed by atoms with Gasteiger partial charge in [-0.1, -0.05) is 69.5 Å². The number of hydrogen-bond donors (Lipinski definition) is 0. The van der Waals surface area contributed by atoms with Crippen molar-refractivity contribution >= 4 is 0 Å². The fraction of sp³-hybridized carbons (Fsp3) is 0.556. The summed E-state index contributed by atoms with van der Waals surface area (Å²) in [4.78, 5) is 0. The van der Waals surface area contributed by atoms with Gasteiger partial charge in [0.2, 0.25) is 0 Å². The quantitative estimate of drug-likeness (QED) is 0.368. The predicted molar refractivity (Wildman–Crippen MR) is 120 cm³/mol. The average molecular weight is 433 g/mol. The van der Waals surface area contributed by atoms with Crippen LogP contribution in [0.15, 0.2) is 42.5 Å². The fourth-order valence-electron chi connectivity index (χ4n) is 4.71. The van der Waals surface area contributed by atoms with E-state index in [-0.39, 0.29) is 5.56 Å². The van der Waals surface area contributed by atoms with E-state index in [1.165, 1.54) is 31.7 Å². The zero-order valence-corrected chi connectivity index (χ0v) is 18.8. The first-order valence-corrected chi connectivity index (χ1v) is 11.8. The zero-order valence-electron chi connectivity index (χ0n) is 18.8. The first-order valence-electron chi connectivity index (χ1n) is 11.8. The molecule has 0 saturated heterocycles. The van der Waals surface area contributed by atoms with Gasteiger partial charge in [-0.15, -0.1) is 0 Å². The number of benzene rings is 2. The van der Waals surface area contributed by atoms with Crippen LogP contribution in [0.25, 0.3) is 0 Å². The molecule has 1 saturated carbocycles. The van der Waals surface area contributed by atoms with E-state index in [0.29, 0.717) is 11.5 Å². The fourth-order valence-corrected chi connectivity index (χ4v) is 4.71. The molecule has 1 aliphatic rings. The second-order valence-corrected chi connectivity index (χ2v) is 9.03. The number of rotatable bonds is 10. The molecule has 1 fully saturated rings. The van der Waals surface area contributed by atoms with Crippen molar-refractivity contribution < 1.29 is 17.9 Å². The highest BCUT2D eigenvalue weighted by atomic mass is 19.3. The van der Waals surface area contributed by atoms with Crippen molar-refractivity contribution in [2.75, 3.05) is 0 Å². The molecule has 0 spiro atoms. The van der Waals surface area contributed by atoms with Gasteiger partial charge in [-0.2, -0.15) is 8.78 Å². The van der Waals surface area contributed by atoms with Gasteiger partial charge in [0.25, 0.3) is 0 Å². The summed E-state index contributed by atoms with van der Waals surface area (Å²) in [5.74, 6) is 0.714. The molecule has 0 N–H and O–H groups in total. The van der Waals surface area contributed by atoms with Gasteiger partial charge in [0.05, 0.1) is 13.0 Å². The van der Waals surface area contributed by atoms with Gasteiger partial charge < -0.3 is 4.74 Å². The number of alkyl halides is 2. The lowest BCUT2D eigenvalue weighted by Crippen LogP contribution is -2.24. The van der Waals surface area contributed by atoms with E-state index in [9.17, 15) is 13.2 Å². The normalized spacial score (nSPS) is 19.5. The van der Waals surface area contributed by atoms with E-state index < -0.39 is 25.0 Å². The van der Waals surface area contributed by atoms with Crippen LogP contribution in [-0.4, -0.2) is 6.11 Å². The van der Waals surface area contributed by atoms with Crippen LogP contribution in [-0.2, 0) is 24.2 Å². The summed E-state index contributed by atoms with van der Waals surface area (Å²) in [5, 5.41) is 0. The highest BCUT2D eigenvalue weighted by Crippen LogP contribution is 2.38. The standard InChI is InChI=1S/C27H35F3O/c1-3-5-20-7-9-22(10-8-20)18-27(29,30)31-19-25-16-15-24(17-26(25)28)23-13-11-21(6-4-2)12-14-23/h7-10,15-17,21,23H,3-6,11-14,18-19H2,1-2H3. The minimum Gasteiger partial charge on any atom is -0.315 e. The summed E-state index contributed by atoms with van der Waals surface area (Å²) in [6.07, 6.45) is 5.13. The van der Waals surface area contributed by atoms with Crippen molar-refractivity contribution in [3.8, 4) is 0 Å². The van der Waals surface area contributed by atoms with Crippen LogP contribution in [0.4, 0.5) is 13.2 Å². The summed E-state index contributed by atoms with van der Waals surface area (Å²) in [7, 11) is 0. The Balaban J connectivity index is 1.53. The van der Waals surface area contributed by atoms with Crippen molar-refractivity contribution in [1.29, 1.82) is 0 Å². The zero-order chi connectivity index (χ0) is 22.3. The van der Waals surface area contributed by atoms with Crippen molar-refractivity contribution in [2.24, 2.45) is 5.92 Å². The molecule has 3 rings (SSSR count). The van der Waals surface area contributed by atoms with Gasteiger partial charge in [-0.25, -0.2) is 4.39 Å². The summed E-state index contributed by atoms with van der Waals surface area (Å²) in [6.45, 7) is 3.87. The molecule has 2 aromatic rings. The van der Waals surface area contributed by atoms with Gasteiger partial charge in [-0.05, 0) is 66.7 Å². The number of hydrogen-bond acceptors (Lipinski definition) is 1. The SMILES string of the molecule is CCCc1ccc(CC(F)(F)OCc2ccc(C3CCC(CCC)CC3)cc2F)cc1. The Kier molecular flexibility index (Phi) is 8.59. The lowest BCUT2D eigenvalue weighted by Gasteiger charge is -2.28. The van der Waals surface area contributed by atoms with Crippen LogP contribution >= 0.6 is 0 Å². The third-order valence-corrected chi connectivity index (χ3v) is 6.50. The maximum atomic E-state index is 14.6. The molecule has 2 aromatic carbocycles. The topological polar surface area (TPSA) is 9.23 Å². The molecule has 0 radical (unpaired) electrons. The Morgan fingerprint density at radius 1 is 0.903 bits per heavy atom. The Morgan fingerprint density at radius 3 is 2.19 bits per heavy atom. The smallest absolute Gasteiger partial charge is 0.315 e. The predicted octanol–water partition coefficient (Wildman–Crippen LogP) is 8.20. The molecular formula is C27H35F3O. The van der Waals surface area contributed by atoms with E-state index in [0.717, 1.165) is 42.7 Å². The summed E-state index contributed by atoms with van der Waals surface area (Å²) >= 11 is 0. The molecule has 0 heterocycles. The molecule has 0 unspecified atom stereocenters. The Hall–Kier alpha value is -1.81. The van der Waals surface area contributed by atoms with E-state index in [4.69, 9.17) is 4.74 Å². The Bertz CT molecular complexity index is 808. The largest absolute Gasteiger partial charge is 0.360 e. The van der Waals surface area contributed by atoms with Crippen LogP contribution in [0.5, 0.6) is 0 Å². The molecule has 1 nitrogen and oxygen atoms in total. The second kappa shape index (κ2) is 11.2. The van der Waals surface area contributed by atoms with Crippen LogP contribution < -0.4 is 0 Å². The third-order valence-electron chi connectivity index (χ3n) is 6.50. The van der Waals surface area contributed by atoms with E-state index in [2.05, 4.69) is 13.8 Å². The van der Waals surface area contributed by atoms with E-state index in [1.807, 2.05) is 18.2 Å². The highest BCUT2D eigenvalue weighted by molar-refractivity contribution is 5.27. The first-order chi connectivity index (χ1) is 14.9.